The van der Waals surface area contributed by atoms with E-state index in [-0.39, 0.29) is 0 Å². The zero-order valence-electron chi connectivity index (χ0n) is 10.6. The molecule has 0 spiro atoms. The van der Waals surface area contributed by atoms with Gasteiger partial charge < -0.3 is 9.30 Å². The average molecular weight is 246 g/mol. The maximum atomic E-state index is 2.51. The lowest BCUT2D eigenvalue weighted by atomic mass is 9.99. The van der Waals surface area contributed by atoms with E-state index in [1.165, 1.54) is 33.2 Å². The monoisotopic (exact) mass is 246 g/mol. The van der Waals surface area contributed by atoms with Crippen LogP contribution in [0.15, 0.2) is 42.6 Å². The van der Waals surface area contributed by atoms with Gasteiger partial charge in [0, 0.05) is 30.2 Å². The fourth-order valence-corrected chi connectivity index (χ4v) is 3.68. The van der Waals surface area contributed by atoms with Gasteiger partial charge in [-0.3, -0.25) is 0 Å². The second-order valence-corrected chi connectivity index (χ2v) is 5.43. The molecular weight excluding hydrogens is 232 g/mol. The Bertz CT molecular complexity index is 854. The van der Waals surface area contributed by atoms with Gasteiger partial charge in [0.05, 0.1) is 16.7 Å². The van der Waals surface area contributed by atoms with E-state index in [0.717, 1.165) is 19.5 Å². The maximum Gasteiger partial charge on any atom is 0.0736 e. The quantitative estimate of drug-likeness (QED) is 0.589. The molecule has 0 unspecified atom stereocenters. The topological polar surface area (TPSA) is 7.65 Å². The Labute approximate surface area is 111 Å². The Balaban J connectivity index is 2.09. The second kappa shape index (κ2) is 3.21. The van der Waals surface area contributed by atoms with Gasteiger partial charge in [0.2, 0.25) is 0 Å². The molecule has 4 heterocycles. The van der Waals surface area contributed by atoms with Crippen molar-refractivity contribution >= 4 is 28.2 Å². The van der Waals surface area contributed by atoms with E-state index in [2.05, 4.69) is 58.0 Å². The maximum absolute atomic E-state index is 2.51. The molecule has 92 valence electrons. The summed E-state index contributed by atoms with van der Waals surface area (Å²) in [6, 6.07) is 11.0. The van der Waals surface area contributed by atoms with Crippen molar-refractivity contribution in [3.8, 4) is 0 Å². The van der Waals surface area contributed by atoms with Crippen molar-refractivity contribution in [2.45, 2.75) is 6.42 Å². The van der Waals surface area contributed by atoms with Gasteiger partial charge in [-0.2, -0.15) is 0 Å². The molecule has 2 nitrogen and oxygen atoms in total. The number of rotatable bonds is 0. The van der Waals surface area contributed by atoms with Crippen molar-refractivity contribution in [1.82, 2.24) is 4.40 Å². The van der Waals surface area contributed by atoms with Gasteiger partial charge in [-0.1, -0.05) is 30.4 Å². The minimum absolute atomic E-state index is 1.05. The summed E-state index contributed by atoms with van der Waals surface area (Å²) in [5, 5.41) is 1.42. The van der Waals surface area contributed by atoms with Crippen LogP contribution in [-0.4, -0.2) is 17.5 Å². The van der Waals surface area contributed by atoms with Crippen LogP contribution in [0.5, 0.6) is 0 Å². The summed E-state index contributed by atoms with van der Waals surface area (Å²) in [5.41, 5.74) is 7.09. The first-order valence-corrected chi connectivity index (χ1v) is 6.89. The number of pyridine rings is 1. The standard InChI is InChI=1S/C17H14N2/c1-2-6-15-13(5-1)14-8-10-18-9-3-4-12-7-11-19(15)17(14)16(12)18/h1-7,11H,8-10H2. The molecule has 0 atom stereocenters. The Hall–Kier alpha value is -2.22. The van der Waals surface area contributed by atoms with Crippen LogP contribution in [0.4, 0.5) is 5.69 Å². The van der Waals surface area contributed by atoms with Crippen molar-refractivity contribution in [2.75, 3.05) is 18.0 Å². The zero-order valence-corrected chi connectivity index (χ0v) is 10.6. The number of hydrogen-bond acceptors (Lipinski definition) is 1. The van der Waals surface area contributed by atoms with E-state index in [0.29, 0.717) is 0 Å². The molecule has 1 aromatic carbocycles. The summed E-state index contributed by atoms with van der Waals surface area (Å²) in [6.45, 7) is 2.19. The molecule has 5 rings (SSSR count). The first kappa shape index (κ1) is 9.68. The zero-order chi connectivity index (χ0) is 12.4. The van der Waals surface area contributed by atoms with Crippen molar-refractivity contribution in [3.63, 3.8) is 0 Å². The van der Waals surface area contributed by atoms with E-state index in [9.17, 15) is 0 Å². The molecule has 0 aliphatic carbocycles. The van der Waals surface area contributed by atoms with Crippen molar-refractivity contribution < 1.29 is 0 Å². The summed E-state index contributed by atoms with van der Waals surface area (Å²) in [6.07, 6.45) is 7.91. The normalized spacial score (nSPS) is 16.5. The molecule has 0 radical (unpaired) electrons. The van der Waals surface area contributed by atoms with Gasteiger partial charge >= 0.3 is 0 Å². The minimum Gasteiger partial charge on any atom is -0.365 e. The van der Waals surface area contributed by atoms with Crippen LogP contribution >= 0.6 is 0 Å². The van der Waals surface area contributed by atoms with Crippen LogP contribution in [0, 0.1) is 0 Å². The Morgan fingerprint density at radius 2 is 2.00 bits per heavy atom. The van der Waals surface area contributed by atoms with E-state index < -0.39 is 0 Å². The minimum atomic E-state index is 1.05. The third-order valence-corrected chi connectivity index (χ3v) is 4.49. The predicted octanol–water partition coefficient (Wildman–Crippen LogP) is 3.48. The van der Waals surface area contributed by atoms with E-state index in [1.807, 2.05) is 0 Å². The average Bonchev–Trinajstić information content (AvgIpc) is 2.81. The number of nitrogens with zero attached hydrogens (tertiary/aromatic N) is 2. The fraction of sp³-hybridized carbons (Fsp3) is 0.176. The van der Waals surface area contributed by atoms with Gasteiger partial charge in [0.1, 0.15) is 0 Å². The van der Waals surface area contributed by atoms with Gasteiger partial charge in [0.15, 0.2) is 0 Å². The molecule has 2 aliphatic rings. The number of para-hydroxylation sites is 1. The Morgan fingerprint density at radius 1 is 1.05 bits per heavy atom. The highest BCUT2D eigenvalue weighted by molar-refractivity contribution is 6.00. The highest BCUT2D eigenvalue weighted by atomic mass is 15.2. The SMILES string of the molecule is C1=Cc2ccn3c4c2N(C1)CCc4c1ccccc13. The van der Waals surface area contributed by atoms with Gasteiger partial charge in [-0.15, -0.1) is 0 Å². The third kappa shape index (κ3) is 1.08. The molecule has 2 aromatic heterocycles. The lowest BCUT2D eigenvalue weighted by molar-refractivity contribution is 0.819. The van der Waals surface area contributed by atoms with Crippen LogP contribution in [0.2, 0.25) is 0 Å². The van der Waals surface area contributed by atoms with Crippen LogP contribution in [-0.2, 0) is 6.42 Å². The van der Waals surface area contributed by atoms with Crippen LogP contribution in [0.25, 0.3) is 22.5 Å². The fourth-order valence-electron chi connectivity index (χ4n) is 3.68. The number of hydrogen-bond donors (Lipinski definition) is 0. The molecule has 0 saturated heterocycles. The van der Waals surface area contributed by atoms with E-state index in [1.54, 1.807) is 0 Å². The second-order valence-electron chi connectivity index (χ2n) is 5.43. The van der Waals surface area contributed by atoms with Crippen molar-refractivity contribution in [1.29, 1.82) is 0 Å². The van der Waals surface area contributed by atoms with E-state index >= 15 is 0 Å². The number of fused-ring (bicyclic) bond motifs is 3. The number of aromatic nitrogens is 1. The largest absolute Gasteiger partial charge is 0.365 e. The van der Waals surface area contributed by atoms with Crippen LogP contribution in [0.1, 0.15) is 11.1 Å². The van der Waals surface area contributed by atoms with E-state index in [4.69, 9.17) is 0 Å². The summed E-state index contributed by atoms with van der Waals surface area (Å²) in [7, 11) is 0. The molecule has 2 aliphatic heterocycles. The molecule has 0 fully saturated rings. The van der Waals surface area contributed by atoms with Crippen LogP contribution in [0.3, 0.4) is 0 Å². The smallest absolute Gasteiger partial charge is 0.0736 e. The van der Waals surface area contributed by atoms with Crippen LogP contribution < -0.4 is 4.90 Å². The summed E-state index contributed by atoms with van der Waals surface area (Å²) < 4.78 is 2.37. The lowest BCUT2D eigenvalue weighted by Gasteiger charge is -2.32. The molecule has 0 N–H and O–H groups in total. The Morgan fingerprint density at radius 3 is 3.00 bits per heavy atom. The number of benzene rings is 1. The molecular formula is C17H14N2. The highest BCUT2D eigenvalue weighted by Gasteiger charge is 2.25. The van der Waals surface area contributed by atoms with Crippen molar-refractivity contribution in [2.24, 2.45) is 0 Å². The van der Waals surface area contributed by atoms with Gasteiger partial charge in [-0.05, 0) is 24.1 Å². The van der Waals surface area contributed by atoms with Crippen molar-refractivity contribution in [3.05, 3.63) is 53.7 Å². The first-order chi connectivity index (χ1) is 9.43. The molecule has 0 bridgehead atoms. The highest BCUT2D eigenvalue weighted by Crippen LogP contribution is 2.40. The molecule has 3 aromatic rings. The lowest BCUT2D eigenvalue weighted by Crippen LogP contribution is -2.31. The molecule has 0 saturated carbocycles. The first-order valence-electron chi connectivity index (χ1n) is 6.89. The molecule has 19 heavy (non-hydrogen) atoms. The predicted molar refractivity (Wildman–Crippen MR) is 79.9 cm³/mol. The third-order valence-electron chi connectivity index (χ3n) is 4.49. The van der Waals surface area contributed by atoms with Gasteiger partial charge in [-0.25, -0.2) is 0 Å². The summed E-state index contributed by atoms with van der Waals surface area (Å²) in [5.74, 6) is 0. The molecule has 2 heteroatoms. The summed E-state index contributed by atoms with van der Waals surface area (Å²) >= 11 is 0. The van der Waals surface area contributed by atoms with Gasteiger partial charge in [0.25, 0.3) is 0 Å². The Kier molecular flexibility index (Phi) is 1.63. The summed E-state index contributed by atoms with van der Waals surface area (Å²) in [4.78, 5) is 2.51. The molecule has 0 amide bonds. The number of anilines is 1.